The van der Waals surface area contributed by atoms with Gasteiger partial charge in [-0.05, 0) is 5.56 Å². The monoisotopic (exact) mass is 186 g/mol. The summed E-state index contributed by atoms with van der Waals surface area (Å²) in [5.74, 6) is 0. The second-order valence-electron chi connectivity index (χ2n) is 2.59. The second kappa shape index (κ2) is 4.45. The molecule has 0 spiro atoms. The van der Waals surface area contributed by atoms with Crippen molar-refractivity contribution in [2.75, 3.05) is 0 Å². The average Bonchev–Trinajstić information content (AvgIpc) is 2.05. The largest absolute Gasteiger partial charge is 0.368 e. The number of rotatable bonds is 3. The van der Waals surface area contributed by atoms with Crippen LogP contribution in [0.1, 0.15) is 17.4 Å². The summed E-state index contributed by atoms with van der Waals surface area (Å²) in [6, 6.07) is 9.35. The maximum Gasteiger partial charge on any atom is 0.153 e. The van der Waals surface area contributed by atoms with Gasteiger partial charge in [-0.1, -0.05) is 30.3 Å². The molecule has 2 N–H and O–H groups in total. The van der Waals surface area contributed by atoms with Gasteiger partial charge in [-0.2, -0.15) is 0 Å². The minimum absolute atomic E-state index is 0.158. The van der Waals surface area contributed by atoms with Crippen molar-refractivity contribution < 1.29 is 10.2 Å². The molecule has 0 aromatic heterocycles. The topological polar surface area (TPSA) is 40.5 Å². The Kier molecular flexibility index (Phi) is 3.53. The highest BCUT2D eigenvalue weighted by atomic mass is 35.5. The normalized spacial score (nSPS) is 13.3. The van der Waals surface area contributed by atoms with Crippen molar-refractivity contribution in [1.29, 1.82) is 0 Å². The van der Waals surface area contributed by atoms with Gasteiger partial charge in [-0.15, -0.1) is 11.6 Å². The van der Waals surface area contributed by atoms with Crippen LogP contribution in [0.5, 0.6) is 0 Å². The lowest BCUT2D eigenvalue weighted by Gasteiger charge is -2.10. The van der Waals surface area contributed by atoms with Crippen LogP contribution >= 0.6 is 11.6 Å². The van der Waals surface area contributed by atoms with Crippen molar-refractivity contribution in [1.82, 2.24) is 0 Å². The second-order valence-corrected chi connectivity index (χ2v) is 3.12. The lowest BCUT2D eigenvalue weighted by atomic mass is 10.1. The zero-order chi connectivity index (χ0) is 8.97. The summed E-state index contributed by atoms with van der Waals surface area (Å²) in [6.45, 7) is 0. The molecule has 0 heterocycles. The molecule has 0 fully saturated rings. The van der Waals surface area contributed by atoms with Gasteiger partial charge in [0, 0.05) is 6.42 Å². The maximum absolute atomic E-state index is 8.66. The fraction of sp³-hybridized carbons (Fsp3) is 0.333. The first-order chi connectivity index (χ1) is 5.70. The van der Waals surface area contributed by atoms with Crippen LogP contribution in [-0.2, 0) is 0 Å². The number of hydrogen-bond donors (Lipinski definition) is 2. The van der Waals surface area contributed by atoms with Gasteiger partial charge in [0.05, 0.1) is 5.38 Å². The lowest BCUT2D eigenvalue weighted by molar-refractivity contribution is -0.0455. The van der Waals surface area contributed by atoms with Crippen molar-refractivity contribution in [2.45, 2.75) is 18.1 Å². The van der Waals surface area contributed by atoms with Crippen LogP contribution in [0.3, 0.4) is 0 Å². The first kappa shape index (κ1) is 9.52. The van der Waals surface area contributed by atoms with Gasteiger partial charge in [0.1, 0.15) is 0 Å². The van der Waals surface area contributed by atoms with Crippen LogP contribution in [-0.4, -0.2) is 16.5 Å². The van der Waals surface area contributed by atoms with Gasteiger partial charge in [0.2, 0.25) is 0 Å². The van der Waals surface area contributed by atoms with E-state index < -0.39 is 6.29 Å². The van der Waals surface area contributed by atoms with Crippen LogP contribution in [0.15, 0.2) is 30.3 Å². The number of aliphatic hydroxyl groups excluding tert-OH is 1. The average molecular weight is 187 g/mol. The van der Waals surface area contributed by atoms with E-state index >= 15 is 0 Å². The Bertz CT molecular complexity index is 223. The van der Waals surface area contributed by atoms with Crippen molar-refractivity contribution in [3.63, 3.8) is 0 Å². The van der Waals surface area contributed by atoms with Gasteiger partial charge in [-0.3, -0.25) is 0 Å². The fourth-order valence-corrected chi connectivity index (χ4v) is 1.29. The molecule has 1 aromatic rings. The van der Waals surface area contributed by atoms with Gasteiger partial charge in [-0.25, -0.2) is 0 Å². The highest BCUT2D eigenvalue weighted by Gasteiger charge is 2.10. The maximum atomic E-state index is 8.66. The molecule has 1 atom stereocenters. The SMILES string of the molecule is OC(O)CC(Cl)c1ccccc1. The summed E-state index contributed by atoms with van der Waals surface area (Å²) in [5, 5.41) is 17.0. The third-order valence-electron chi connectivity index (χ3n) is 1.58. The summed E-state index contributed by atoms with van der Waals surface area (Å²) < 4.78 is 0. The smallest absolute Gasteiger partial charge is 0.153 e. The van der Waals surface area contributed by atoms with E-state index in [-0.39, 0.29) is 11.8 Å². The molecule has 0 bridgehead atoms. The van der Waals surface area contributed by atoms with Gasteiger partial charge in [0.25, 0.3) is 0 Å². The van der Waals surface area contributed by atoms with E-state index in [9.17, 15) is 0 Å². The van der Waals surface area contributed by atoms with Crippen molar-refractivity contribution in [3.8, 4) is 0 Å². The zero-order valence-electron chi connectivity index (χ0n) is 6.52. The van der Waals surface area contributed by atoms with Gasteiger partial charge >= 0.3 is 0 Å². The molecular weight excluding hydrogens is 176 g/mol. The summed E-state index contributed by atoms with van der Waals surface area (Å²) in [4.78, 5) is 0. The summed E-state index contributed by atoms with van der Waals surface area (Å²) in [6.07, 6.45) is -1.18. The molecule has 1 rings (SSSR count). The molecule has 0 aliphatic rings. The van der Waals surface area contributed by atoms with Gasteiger partial charge in [0.15, 0.2) is 6.29 Å². The molecular formula is C9H11ClO2. The molecule has 0 saturated carbocycles. The van der Waals surface area contributed by atoms with Crippen LogP contribution in [0.2, 0.25) is 0 Å². The Balaban J connectivity index is 2.59. The first-order valence-corrected chi connectivity index (χ1v) is 4.19. The Labute approximate surface area is 76.4 Å². The number of aliphatic hydroxyl groups is 2. The zero-order valence-corrected chi connectivity index (χ0v) is 7.28. The van der Waals surface area contributed by atoms with E-state index in [0.29, 0.717) is 0 Å². The third kappa shape index (κ3) is 2.81. The Morgan fingerprint density at radius 1 is 1.17 bits per heavy atom. The number of hydrogen-bond acceptors (Lipinski definition) is 2. The van der Waals surface area contributed by atoms with Crippen LogP contribution in [0.4, 0.5) is 0 Å². The van der Waals surface area contributed by atoms with E-state index in [1.807, 2.05) is 30.3 Å². The summed E-state index contributed by atoms with van der Waals surface area (Å²) >= 11 is 5.88. The quantitative estimate of drug-likeness (QED) is 0.557. The molecule has 12 heavy (non-hydrogen) atoms. The fourth-order valence-electron chi connectivity index (χ4n) is 0.983. The molecule has 2 nitrogen and oxygen atoms in total. The molecule has 0 aliphatic heterocycles. The Morgan fingerprint density at radius 2 is 1.75 bits per heavy atom. The van der Waals surface area contributed by atoms with Crippen molar-refractivity contribution in [2.24, 2.45) is 0 Å². The van der Waals surface area contributed by atoms with E-state index in [1.54, 1.807) is 0 Å². The number of benzene rings is 1. The van der Waals surface area contributed by atoms with Crippen molar-refractivity contribution >= 4 is 11.6 Å². The highest BCUT2D eigenvalue weighted by Crippen LogP contribution is 2.24. The third-order valence-corrected chi connectivity index (χ3v) is 2.01. The van der Waals surface area contributed by atoms with Crippen LogP contribution in [0, 0.1) is 0 Å². The predicted octanol–water partition coefficient (Wildman–Crippen LogP) is 1.67. The Morgan fingerprint density at radius 3 is 2.25 bits per heavy atom. The molecule has 0 amide bonds. The number of alkyl halides is 1. The molecule has 3 heteroatoms. The minimum Gasteiger partial charge on any atom is -0.368 e. The van der Waals surface area contributed by atoms with E-state index in [0.717, 1.165) is 5.56 Å². The molecule has 1 aromatic carbocycles. The van der Waals surface area contributed by atoms with E-state index in [1.165, 1.54) is 0 Å². The number of halogens is 1. The van der Waals surface area contributed by atoms with Crippen LogP contribution in [0.25, 0.3) is 0 Å². The summed E-state index contributed by atoms with van der Waals surface area (Å²) in [7, 11) is 0. The molecule has 0 aliphatic carbocycles. The molecule has 0 radical (unpaired) electrons. The van der Waals surface area contributed by atoms with E-state index in [4.69, 9.17) is 21.8 Å². The highest BCUT2D eigenvalue weighted by molar-refractivity contribution is 6.20. The molecule has 66 valence electrons. The Hall–Kier alpha value is -0.570. The van der Waals surface area contributed by atoms with Crippen molar-refractivity contribution in [3.05, 3.63) is 35.9 Å². The molecule has 0 saturated heterocycles. The summed E-state index contributed by atoms with van der Waals surface area (Å²) in [5.41, 5.74) is 0.910. The first-order valence-electron chi connectivity index (χ1n) is 3.75. The van der Waals surface area contributed by atoms with E-state index in [2.05, 4.69) is 0 Å². The van der Waals surface area contributed by atoms with Crippen LogP contribution < -0.4 is 0 Å². The predicted molar refractivity (Wildman–Crippen MR) is 47.9 cm³/mol. The standard InChI is InChI=1S/C9H11ClO2/c10-8(6-9(11)12)7-4-2-1-3-5-7/h1-5,8-9,11-12H,6H2. The van der Waals surface area contributed by atoms with Gasteiger partial charge < -0.3 is 10.2 Å². The molecule has 1 unspecified atom stereocenters. The lowest BCUT2D eigenvalue weighted by Crippen LogP contribution is -2.07. The minimum atomic E-state index is -1.34.